The molecule has 1 heterocycles. The van der Waals surface area contributed by atoms with Gasteiger partial charge < -0.3 is 10.1 Å². The van der Waals surface area contributed by atoms with Crippen LogP contribution in [-0.4, -0.2) is 28.5 Å². The van der Waals surface area contributed by atoms with E-state index in [-0.39, 0.29) is 18.6 Å². The minimum absolute atomic E-state index is 0.0588. The number of hydrogen-bond donors (Lipinski definition) is 1. The number of benzene rings is 2. The molecular weight excluding hydrogens is 314 g/mol. The highest BCUT2D eigenvalue weighted by Gasteiger charge is 2.10. The van der Waals surface area contributed by atoms with Crippen LogP contribution >= 0.6 is 0 Å². The minimum atomic E-state index is -0.150. The molecule has 0 bridgehead atoms. The third kappa shape index (κ3) is 4.76. The molecule has 1 atom stereocenters. The molecule has 1 N–H and O–H groups in total. The maximum atomic E-state index is 12.1. The molecule has 128 valence electrons. The van der Waals surface area contributed by atoms with E-state index in [0.717, 1.165) is 23.7 Å². The first-order valence-corrected chi connectivity index (χ1v) is 8.38. The Morgan fingerprint density at radius 2 is 1.84 bits per heavy atom. The van der Waals surface area contributed by atoms with E-state index >= 15 is 0 Å². The van der Waals surface area contributed by atoms with Crippen molar-refractivity contribution in [3.8, 4) is 5.88 Å². The fraction of sp³-hybridized carbons (Fsp3) is 0.250. The summed E-state index contributed by atoms with van der Waals surface area (Å²) in [5.74, 6) is 0.279. The number of aryl methyl sites for hydroxylation is 1. The summed E-state index contributed by atoms with van der Waals surface area (Å²) in [7, 11) is 0. The van der Waals surface area contributed by atoms with Crippen molar-refractivity contribution in [3.05, 3.63) is 66.5 Å². The Labute approximate surface area is 147 Å². The number of ether oxygens (including phenoxy) is 1. The molecule has 1 aromatic heterocycles. The number of hydrogen-bond acceptors (Lipinski definition) is 4. The lowest BCUT2D eigenvalue weighted by Crippen LogP contribution is -2.36. The molecular formula is C20H21N3O2. The third-order valence-electron chi connectivity index (χ3n) is 3.96. The van der Waals surface area contributed by atoms with Crippen LogP contribution in [0, 0.1) is 0 Å². The number of fused-ring (bicyclic) bond motifs is 1. The predicted molar refractivity (Wildman–Crippen MR) is 97.4 cm³/mol. The molecule has 0 aliphatic heterocycles. The van der Waals surface area contributed by atoms with Gasteiger partial charge in [-0.15, -0.1) is 0 Å². The summed E-state index contributed by atoms with van der Waals surface area (Å²) in [6.07, 6.45) is 3.25. The molecule has 0 aliphatic carbocycles. The Morgan fingerprint density at radius 1 is 1.08 bits per heavy atom. The van der Waals surface area contributed by atoms with Gasteiger partial charge in [0.05, 0.1) is 10.9 Å². The van der Waals surface area contributed by atoms with Crippen molar-refractivity contribution in [2.75, 3.05) is 6.61 Å². The van der Waals surface area contributed by atoms with E-state index in [4.69, 9.17) is 4.74 Å². The van der Waals surface area contributed by atoms with Gasteiger partial charge in [0.25, 0.3) is 5.91 Å². The van der Waals surface area contributed by atoms with Crippen LogP contribution in [0.15, 0.2) is 60.9 Å². The van der Waals surface area contributed by atoms with Crippen LogP contribution in [0.1, 0.15) is 18.9 Å². The van der Waals surface area contributed by atoms with Gasteiger partial charge in [0.15, 0.2) is 6.61 Å². The van der Waals surface area contributed by atoms with Gasteiger partial charge in [0.1, 0.15) is 6.33 Å². The number of nitrogens with zero attached hydrogens (tertiary/aromatic N) is 2. The highest BCUT2D eigenvalue weighted by atomic mass is 16.5. The van der Waals surface area contributed by atoms with Crippen molar-refractivity contribution in [2.24, 2.45) is 0 Å². The van der Waals surface area contributed by atoms with Crippen molar-refractivity contribution in [1.82, 2.24) is 15.3 Å². The molecule has 0 saturated carbocycles. The van der Waals surface area contributed by atoms with Crippen LogP contribution < -0.4 is 10.1 Å². The van der Waals surface area contributed by atoms with Crippen LogP contribution in [0.4, 0.5) is 0 Å². The third-order valence-corrected chi connectivity index (χ3v) is 3.96. The Hall–Kier alpha value is -2.95. The summed E-state index contributed by atoms with van der Waals surface area (Å²) in [6.45, 7) is 1.94. The molecule has 3 rings (SSSR count). The van der Waals surface area contributed by atoms with Gasteiger partial charge in [-0.05, 0) is 37.5 Å². The second-order valence-electron chi connectivity index (χ2n) is 5.98. The number of carbonyl (C=O) groups excluding carboxylic acids is 1. The molecule has 2 aromatic carbocycles. The quantitative estimate of drug-likeness (QED) is 0.720. The highest BCUT2D eigenvalue weighted by molar-refractivity contribution is 5.84. The monoisotopic (exact) mass is 335 g/mol. The fourth-order valence-electron chi connectivity index (χ4n) is 2.65. The van der Waals surface area contributed by atoms with E-state index in [1.54, 1.807) is 0 Å². The molecule has 1 unspecified atom stereocenters. The van der Waals surface area contributed by atoms with Gasteiger partial charge in [0, 0.05) is 6.04 Å². The van der Waals surface area contributed by atoms with Crippen molar-refractivity contribution in [1.29, 1.82) is 0 Å². The predicted octanol–water partition coefficient (Wildman–Crippen LogP) is 3.15. The van der Waals surface area contributed by atoms with Crippen molar-refractivity contribution in [3.63, 3.8) is 0 Å². The zero-order valence-electron chi connectivity index (χ0n) is 14.2. The van der Waals surface area contributed by atoms with E-state index in [9.17, 15) is 4.79 Å². The van der Waals surface area contributed by atoms with Crippen molar-refractivity contribution in [2.45, 2.75) is 25.8 Å². The Bertz CT molecular complexity index is 831. The second-order valence-corrected chi connectivity index (χ2v) is 5.98. The molecule has 0 radical (unpaired) electrons. The first kappa shape index (κ1) is 16.9. The second kappa shape index (κ2) is 8.24. The average molecular weight is 335 g/mol. The standard InChI is InChI=1S/C20H21N3O2/c1-15(11-12-16-7-3-2-4-8-16)23-19(24)13-25-20-17-9-5-6-10-18(17)21-14-22-20/h2-10,14-15H,11-13H2,1H3,(H,23,24). The average Bonchev–Trinajstić information content (AvgIpc) is 2.65. The van der Waals surface area contributed by atoms with Gasteiger partial charge >= 0.3 is 0 Å². The van der Waals surface area contributed by atoms with Crippen molar-refractivity contribution < 1.29 is 9.53 Å². The lowest BCUT2D eigenvalue weighted by atomic mass is 10.1. The Kier molecular flexibility index (Phi) is 5.57. The Morgan fingerprint density at radius 3 is 2.68 bits per heavy atom. The number of amides is 1. The van der Waals surface area contributed by atoms with Gasteiger partial charge in [-0.25, -0.2) is 9.97 Å². The lowest BCUT2D eigenvalue weighted by Gasteiger charge is -2.14. The number of para-hydroxylation sites is 1. The van der Waals surface area contributed by atoms with Gasteiger partial charge in [-0.2, -0.15) is 0 Å². The zero-order chi connectivity index (χ0) is 17.5. The number of nitrogens with one attached hydrogen (secondary N) is 1. The van der Waals surface area contributed by atoms with Crippen LogP contribution in [0.25, 0.3) is 10.9 Å². The smallest absolute Gasteiger partial charge is 0.258 e. The van der Waals surface area contributed by atoms with Crippen LogP contribution in [0.2, 0.25) is 0 Å². The molecule has 3 aromatic rings. The maximum absolute atomic E-state index is 12.1. The van der Waals surface area contributed by atoms with E-state index in [1.807, 2.05) is 49.4 Å². The van der Waals surface area contributed by atoms with Crippen LogP contribution in [0.3, 0.4) is 0 Å². The minimum Gasteiger partial charge on any atom is -0.467 e. The largest absolute Gasteiger partial charge is 0.467 e. The van der Waals surface area contributed by atoms with Gasteiger partial charge in [0.2, 0.25) is 5.88 Å². The summed E-state index contributed by atoms with van der Waals surface area (Å²) < 4.78 is 5.58. The molecule has 0 spiro atoms. The van der Waals surface area contributed by atoms with Gasteiger partial charge in [-0.1, -0.05) is 42.5 Å². The maximum Gasteiger partial charge on any atom is 0.258 e. The molecule has 5 nitrogen and oxygen atoms in total. The fourth-order valence-corrected chi connectivity index (χ4v) is 2.65. The zero-order valence-corrected chi connectivity index (χ0v) is 14.2. The van der Waals surface area contributed by atoms with E-state index in [0.29, 0.717) is 5.88 Å². The number of carbonyl (C=O) groups is 1. The summed E-state index contributed by atoms with van der Waals surface area (Å²) in [5.41, 5.74) is 2.07. The first-order valence-electron chi connectivity index (χ1n) is 8.38. The van der Waals surface area contributed by atoms with Crippen molar-refractivity contribution >= 4 is 16.8 Å². The normalized spacial score (nSPS) is 11.9. The van der Waals surface area contributed by atoms with E-state index < -0.39 is 0 Å². The molecule has 0 fully saturated rings. The summed E-state index contributed by atoms with van der Waals surface area (Å²) in [6, 6.07) is 17.9. The van der Waals surface area contributed by atoms with E-state index in [1.165, 1.54) is 11.9 Å². The molecule has 0 saturated heterocycles. The van der Waals surface area contributed by atoms with Crippen LogP contribution in [0.5, 0.6) is 5.88 Å². The summed E-state index contributed by atoms with van der Waals surface area (Å²) in [4.78, 5) is 20.4. The molecule has 25 heavy (non-hydrogen) atoms. The number of rotatable bonds is 7. The molecule has 5 heteroatoms. The summed E-state index contributed by atoms with van der Waals surface area (Å²) >= 11 is 0. The molecule has 0 aliphatic rings. The van der Waals surface area contributed by atoms with Gasteiger partial charge in [-0.3, -0.25) is 4.79 Å². The van der Waals surface area contributed by atoms with E-state index in [2.05, 4.69) is 27.4 Å². The number of aromatic nitrogens is 2. The highest BCUT2D eigenvalue weighted by Crippen LogP contribution is 2.20. The lowest BCUT2D eigenvalue weighted by molar-refractivity contribution is -0.123. The van der Waals surface area contributed by atoms with Crippen LogP contribution in [-0.2, 0) is 11.2 Å². The first-order chi connectivity index (χ1) is 12.2. The molecule has 1 amide bonds. The topological polar surface area (TPSA) is 64.1 Å². The summed E-state index contributed by atoms with van der Waals surface area (Å²) in [5, 5.41) is 3.76. The SMILES string of the molecule is CC(CCc1ccccc1)NC(=O)COc1ncnc2ccccc12. The Balaban J connectivity index is 1.49.